The van der Waals surface area contributed by atoms with Crippen molar-refractivity contribution < 1.29 is 0 Å². The first-order valence-corrected chi connectivity index (χ1v) is 9.36. The summed E-state index contributed by atoms with van der Waals surface area (Å²) < 4.78 is 0. The Hall–Kier alpha value is 0.137. The zero-order valence-electron chi connectivity index (χ0n) is 10.9. The highest BCUT2D eigenvalue weighted by atomic mass is 28.3. The number of rotatable bonds is 7. The van der Waals surface area contributed by atoms with Crippen molar-refractivity contribution in [3.05, 3.63) is 0 Å². The van der Waals surface area contributed by atoms with E-state index in [1.807, 2.05) is 0 Å². The number of hydrogen-bond acceptors (Lipinski definition) is 2. The summed E-state index contributed by atoms with van der Waals surface area (Å²) in [4.78, 5) is 6.17. The van der Waals surface area contributed by atoms with Gasteiger partial charge in [0.1, 0.15) is 8.24 Å². The van der Waals surface area contributed by atoms with Crippen LogP contribution < -0.4 is 4.98 Å². The Bertz CT molecular complexity index is 141. The molecule has 86 valence electrons. The molecule has 1 N–H and O–H groups in total. The van der Waals surface area contributed by atoms with Gasteiger partial charge in [0.2, 0.25) is 0 Å². The van der Waals surface area contributed by atoms with Gasteiger partial charge in [0, 0.05) is 6.04 Å². The average Bonchev–Trinajstić information content (AvgIpc) is 2.01. The molecule has 0 saturated heterocycles. The number of nitrogens with zero attached hydrogens (tertiary/aromatic N) is 1. The van der Waals surface area contributed by atoms with E-state index in [1.54, 1.807) is 0 Å². The van der Waals surface area contributed by atoms with Crippen molar-refractivity contribution >= 4 is 8.24 Å². The highest BCUT2D eigenvalue weighted by Gasteiger charge is 2.11. The Labute approximate surface area is 91.2 Å². The monoisotopic (exact) mass is 216 g/mol. The van der Waals surface area contributed by atoms with E-state index >= 15 is 0 Å². The first-order valence-electron chi connectivity index (χ1n) is 5.86. The van der Waals surface area contributed by atoms with Crippen molar-refractivity contribution in [1.82, 2.24) is 9.88 Å². The van der Waals surface area contributed by atoms with Crippen LogP contribution in [-0.2, 0) is 0 Å². The molecule has 0 atom stereocenters. The molecule has 0 aliphatic carbocycles. The van der Waals surface area contributed by atoms with Crippen LogP contribution in [0.4, 0.5) is 0 Å². The molecule has 0 radical (unpaired) electrons. The minimum atomic E-state index is -1.04. The van der Waals surface area contributed by atoms with E-state index in [-0.39, 0.29) is 0 Å². The van der Waals surface area contributed by atoms with Crippen molar-refractivity contribution in [2.75, 3.05) is 19.6 Å². The van der Waals surface area contributed by atoms with E-state index in [9.17, 15) is 0 Å². The molecule has 0 aliphatic rings. The van der Waals surface area contributed by atoms with Gasteiger partial charge in [0.25, 0.3) is 0 Å². The Morgan fingerprint density at radius 2 is 1.79 bits per heavy atom. The maximum atomic E-state index is 3.65. The molecular weight excluding hydrogens is 188 g/mol. The highest BCUT2D eigenvalue weighted by Crippen LogP contribution is 1.99. The predicted molar refractivity (Wildman–Crippen MR) is 68.3 cm³/mol. The normalized spacial score (nSPS) is 12.9. The smallest absolute Gasteiger partial charge is 0.116 e. The fourth-order valence-electron chi connectivity index (χ4n) is 1.53. The molecule has 0 bridgehead atoms. The molecule has 0 aliphatic heterocycles. The van der Waals surface area contributed by atoms with Gasteiger partial charge in [-0.05, 0) is 39.9 Å². The fourth-order valence-corrected chi connectivity index (χ4v) is 2.45. The average molecular weight is 216 g/mol. The Morgan fingerprint density at radius 3 is 2.14 bits per heavy atom. The third-order valence-corrected chi connectivity index (χ3v) is 3.72. The van der Waals surface area contributed by atoms with Crippen molar-refractivity contribution in [1.29, 1.82) is 0 Å². The summed E-state index contributed by atoms with van der Waals surface area (Å²) >= 11 is 0. The minimum absolute atomic E-state index is 0.687. The van der Waals surface area contributed by atoms with E-state index in [0.29, 0.717) is 6.04 Å². The quantitative estimate of drug-likeness (QED) is 0.520. The van der Waals surface area contributed by atoms with Crippen LogP contribution in [0.3, 0.4) is 0 Å². The van der Waals surface area contributed by atoms with E-state index in [1.165, 1.54) is 26.1 Å². The summed E-state index contributed by atoms with van der Waals surface area (Å²) in [6, 6.07) is 0.687. The molecule has 2 nitrogen and oxygen atoms in total. The molecular formula is C11H28N2Si. The van der Waals surface area contributed by atoms with E-state index in [0.717, 1.165) is 0 Å². The van der Waals surface area contributed by atoms with Crippen LogP contribution >= 0.6 is 0 Å². The Morgan fingerprint density at radius 1 is 1.21 bits per heavy atom. The van der Waals surface area contributed by atoms with Crippen LogP contribution in [0.1, 0.15) is 27.2 Å². The van der Waals surface area contributed by atoms with E-state index < -0.39 is 8.24 Å². The second-order valence-corrected chi connectivity index (χ2v) is 10.1. The Balaban J connectivity index is 3.52. The molecule has 0 aromatic rings. The highest BCUT2D eigenvalue weighted by molar-refractivity contribution is 6.73. The molecule has 14 heavy (non-hydrogen) atoms. The zero-order chi connectivity index (χ0) is 11.2. The molecule has 0 fully saturated rings. The summed E-state index contributed by atoms with van der Waals surface area (Å²) in [6.07, 6.45) is 1.27. The first kappa shape index (κ1) is 14.1. The lowest BCUT2D eigenvalue weighted by atomic mass is 10.3. The first-order chi connectivity index (χ1) is 6.37. The van der Waals surface area contributed by atoms with Gasteiger partial charge >= 0.3 is 0 Å². The molecule has 0 rings (SSSR count). The van der Waals surface area contributed by atoms with Gasteiger partial charge in [-0.1, -0.05) is 26.6 Å². The Kier molecular flexibility index (Phi) is 6.65. The van der Waals surface area contributed by atoms with Gasteiger partial charge in [-0.3, -0.25) is 0 Å². The standard InChI is InChI=1S/C11H28N2Si/c1-7-13(11(2)3)10-8-9-12-14(4,5)6/h11-12H,7-10H2,1-6H3. The molecule has 0 amide bonds. The molecule has 3 heteroatoms. The van der Waals surface area contributed by atoms with Crippen LogP contribution in [-0.4, -0.2) is 38.8 Å². The molecule has 0 heterocycles. The second kappa shape index (κ2) is 6.59. The van der Waals surface area contributed by atoms with E-state index in [2.05, 4.69) is 50.3 Å². The van der Waals surface area contributed by atoms with Crippen LogP contribution in [0.5, 0.6) is 0 Å². The summed E-state index contributed by atoms with van der Waals surface area (Å²) in [6.45, 7) is 17.4. The van der Waals surface area contributed by atoms with Crippen molar-refractivity contribution in [2.45, 2.75) is 52.9 Å². The second-order valence-electron chi connectivity index (χ2n) is 5.25. The maximum Gasteiger partial charge on any atom is 0.116 e. The van der Waals surface area contributed by atoms with Crippen LogP contribution in [0.2, 0.25) is 19.6 Å². The van der Waals surface area contributed by atoms with Crippen molar-refractivity contribution in [3.63, 3.8) is 0 Å². The molecule has 0 saturated carbocycles. The van der Waals surface area contributed by atoms with Gasteiger partial charge in [-0.25, -0.2) is 0 Å². The zero-order valence-corrected chi connectivity index (χ0v) is 11.9. The van der Waals surface area contributed by atoms with Gasteiger partial charge in [-0.2, -0.15) is 0 Å². The molecule has 0 spiro atoms. The summed E-state index contributed by atoms with van der Waals surface area (Å²) in [5.41, 5.74) is 0. The van der Waals surface area contributed by atoms with E-state index in [4.69, 9.17) is 0 Å². The van der Waals surface area contributed by atoms with Crippen LogP contribution in [0, 0.1) is 0 Å². The molecule has 0 aromatic heterocycles. The third kappa shape index (κ3) is 7.53. The lowest BCUT2D eigenvalue weighted by molar-refractivity contribution is 0.231. The largest absolute Gasteiger partial charge is 0.337 e. The van der Waals surface area contributed by atoms with Crippen LogP contribution in [0.15, 0.2) is 0 Å². The van der Waals surface area contributed by atoms with Crippen molar-refractivity contribution in [2.24, 2.45) is 0 Å². The fraction of sp³-hybridized carbons (Fsp3) is 1.00. The van der Waals surface area contributed by atoms with Crippen molar-refractivity contribution in [3.8, 4) is 0 Å². The SMILES string of the molecule is CCN(CCCN[Si](C)(C)C)C(C)C. The number of nitrogens with one attached hydrogen (secondary N) is 1. The van der Waals surface area contributed by atoms with Gasteiger partial charge < -0.3 is 9.88 Å². The lowest BCUT2D eigenvalue weighted by Gasteiger charge is -2.25. The molecule has 0 unspecified atom stereocenters. The van der Waals surface area contributed by atoms with Gasteiger partial charge in [0.15, 0.2) is 0 Å². The minimum Gasteiger partial charge on any atom is -0.337 e. The third-order valence-electron chi connectivity index (χ3n) is 2.41. The van der Waals surface area contributed by atoms with Gasteiger partial charge in [0.05, 0.1) is 0 Å². The molecule has 0 aromatic carbocycles. The van der Waals surface area contributed by atoms with Gasteiger partial charge in [-0.15, -0.1) is 0 Å². The summed E-state index contributed by atoms with van der Waals surface area (Å²) in [5.74, 6) is 0. The maximum absolute atomic E-state index is 3.65. The topological polar surface area (TPSA) is 15.3 Å². The van der Waals surface area contributed by atoms with Crippen LogP contribution in [0.25, 0.3) is 0 Å². The predicted octanol–water partition coefficient (Wildman–Crippen LogP) is 2.53. The summed E-state index contributed by atoms with van der Waals surface area (Å²) in [7, 11) is -1.04. The lowest BCUT2D eigenvalue weighted by Crippen LogP contribution is -2.43. The summed E-state index contributed by atoms with van der Waals surface area (Å²) in [5, 5.41) is 0. The number of hydrogen-bond donors (Lipinski definition) is 1.